The summed E-state index contributed by atoms with van der Waals surface area (Å²) < 4.78 is 20.1. The van der Waals surface area contributed by atoms with Crippen LogP contribution < -0.4 is 0 Å². The van der Waals surface area contributed by atoms with Crippen LogP contribution in [0.1, 0.15) is 21.7 Å². The van der Waals surface area contributed by atoms with Crippen molar-refractivity contribution in [3.63, 3.8) is 0 Å². The number of ether oxygens (including phenoxy) is 1. The van der Waals surface area contributed by atoms with Gasteiger partial charge in [0, 0.05) is 25.8 Å². The summed E-state index contributed by atoms with van der Waals surface area (Å²) in [6, 6.07) is 8.44. The molecule has 1 aromatic carbocycles. The van der Waals surface area contributed by atoms with Gasteiger partial charge in [-0.3, -0.25) is 9.88 Å². The Bertz CT molecular complexity index is 911. The van der Waals surface area contributed by atoms with Crippen LogP contribution in [0.25, 0.3) is 11.0 Å². The number of H-pyrrole nitrogens is 1. The number of carboxylic acids is 1. The molecule has 0 unspecified atom stereocenters. The molecule has 2 N–H and O–H groups in total. The summed E-state index contributed by atoms with van der Waals surface area (Å²) in [5.41, 5.74) is 2.81. The fraction of sp³-hybridized carbons (Fsp3) is 0.316. The molecule has 0 radical (unpaired) electrons. The lowest BCUT2D eigenvalue weighted by atomic mass is 10.1. The molecular formula is C19H19FN4O3. The summed E-state index contributed by atoms with van der Waals surface area (Å²) in [5.74, 6) is -0.311. The summed E-state index contributed by atoms with van der Waals surface area (Å²) in [5, 5.41) is 8.94. The number of nitrogens with zero attached hydrogens (tertiary/aromatic N) is 3. The van der Waals surface area contributed by atoms with Crippen molar-refractivity contribution in [3.8, 4) is 0 Å². The minimum Gasteiger partial charge on any atom is -0.478 e. The molecule has 3 aromatic rings. The topological polar surface area (TPSA) is 91.3 Å². The molecule has 7 nitrogen and oxygen atoms in total. The van der Waals surface area contributed by atoms with Crippen LogP contribution in [0.2, 0.25) is 0 Å². The molecular weight excluding hydrogens is 351 g/mol. The normalized spacial score (nSPS) is 20.3. The van der Waals surface area contributed by atoms with Crippen molar-refractivity contribution in [2.45, 2.75) is 25.4 Å². The largest absolute Gasteiger partial charge is 0.478 e. The number of imidazole rings is 1. The Balaban J connectivity index is 1.33. The summed E-state index contributed by atoms with van der Waals surface area (Å²) in [7, 11) is 0. The van der Waals surface area contributed by atoms with Crippen molar-refractivity contribution in [1.29, 1.82) is 0 Å². The number of aromatic carboxylic acids is 1. The highest BCUT2D eigenvalue weighted by Gasteiger charge is 2.33. The number of pyridine rings is 1. The fourth-order valence-corrected chi connectivity index (χ4v) is 3.27. The van der Waals surface area contributed by atoms with Crippen molar-refractivity contribution in [2.24, 2.45) is 0 Å². The third-order valence-electron chi connectivity index (χ3n) is 4.65. The zero-order valence-electron chi connectivity index (χ0n) is 14.5. The first-order valence-corrected chi connectivity index (χ1v) is 8.67. The van der Waals surface area contributed by atoms with Gasteiger partial charge in [0.05, 0.1) is 22.8 Å². The second-order valence-corrected chi connectivity index (χ2v) is 6.64. The van der Waals surface area contributed by atoms with E-state index in [2.05, 4.69) is 15.0 Å². The van der Waals surface area contributed by atoms with Crippen molar-refractivity contribution in [2.75, 3.05) is 13.1 Å². The van der Waals surface area contributed by atoms with E-state index < -0.39 is 18.2 Å². The molecule has 8 heteroatoms. The maximum Gasteiger partial charge on any atom is 0.335 e. The molecule has 1 aliphatic heterocycles. The quantitative estimate of drug-likeness (QED) is 0.692. The van der Waals surface area contributed by atoms with Crippen molar-refractivity contribution in [3.05, 3.63) is 59.7 Å². The Morgan fingerprint density at radius 1 is 1.30 bits per heavy atom. The molecule has 3 heterocycles. The van der Waals surface area contributed by atoms with Crippen molar-refractivity contribution < 1.29 is 19.0 Å². The Kier molecular flexibility index (Phi) is 4.83. The number of aromatic amines is 1. The highest BCUT2D eigenvalue weighted by atomic mass is 19.1. The zero-order valence-corrected chi connectivity index (χ0v) is 14.5. The first-order valence-electron chi connectivity index (χ1n) is 8.67. The number of aromatic nitrogens is 3. The van der Waals surface area contributed by atoms with Gasteiger partial charge in [-0.25, -0.2) is 14.2 Å². The Morgan fingerprint density at radius 3 is 2.85 bits per heavy atom. The number of nitrogens with one attached hydrogen (secondary N) is 1. The lowest BCUT2D eigenvalue weighted by Gasteiger charge is -2.15. The van der Waals surface area contributed by atoms with Crippen LogP contribution >= 0.6 is 0 Å². The molecule has 1 aliphatic rings. The molecule has 0 amide bonds. The van der Waals surface area contributed by atoms with E-state index in [4.69, 9.17) is 9.84 Å². The lowest BCUT2D eigenvalue weighted by Crippen LogP contribution is -2.24. The summed E-state index contributed by atoms with van der Waals surface area (Å²) in [4.78, 5) is 24.4. The standard InChI is InChI=1S/C19H19FN4O3/c20-14-9-24(8-12-1-3-13(4-2-12)19(25)26)10-17(14)27-11-18-22-15-5-6-21-7-16(15)23-18/h1-7,14,17H,8-11H2,(H,22,23)(H,25,26)/t14-,17+/m1/s1. The van der Waals surface area contributed by atoms with Gasteiger partial charge in [0.15, 0.2) is 0 Å². The van der Waals surface area contributed by atoms with E-state index in [0.717, 1.165) is 16.6 Å². The summed E-state index contributed by atoms with van der Waals surface area (Å²) in [6.07, 6.45) is 1.77. The van der Waals surface area contributed by atoms with Gasteiger partial charge in [-0.2, -0.15) is 0 Å². The van der Waals surface area contributed by atoms with Gasteiger partial charge in [-0.1, -0.05) is 12.1 Å². The van der Waals surface area contributed by atoms with Crippen LogP contribution in [0.4, 0.5) is 4.39 Å². The van der Waals surface area contributed by atoms with Gasteiger partial charge < -0.3 is 14.8 Å². The Morgan fingerprint density at radius 2 is 2.11 bits per heavy atom. The highest BCUT2D eigenvalue weighted by molar-refractivity contribution is 5.87. The number of hydrogen-bond acceptors (Lipinski definition) is 5. The number of carboxylic acid groups (broad SMARTS) is 1. The maximum absolute atomic E-state index is 14.3. The van der Waals surface area contributed by atoms with E-state index in [1.807, 2.05) is 4.90 Å². The molecule has 27 heavy (non-hydrogen) atoms. The molecule has 4 rings (SSSR count). The number of likely N-dealkylation sites (tertiary alicyclic amines) is 1. The van der Waals surface area contributed by atoms with Crippen molar-refractivity contribution >= 4 is 17.0 Å². The van der Waals surface area contributed by atoms with E-state index in [9.17, 15) is 9.18 Å². The number of rotatable bonds is 6. The highest BCUT2D eigenvalue weighted by Crippen LogP contribution is 2.21. The second kappa shape index (κ2) is 7.42. The van der Waals surface area contributed by atoms with Crippen LogP contribution in [0.15, 0.2) is 42.7 Å². The average molecular weight is 370 g/mol. The van der Waals surface area contributed by atoms with Gasteiger partial charge in [-0.15, -0.1) is 0 Å². The maximum atomic E-state index is 14.3. The monoisotopic (exact) mass is 370 g/mol. The fourth-order valence-electron chi connectivity index (χ4n) is 3.27. The minimum atomic E-state index is -1.07. The van der Waals surface area contributed by atoms with Crippen LogP contribution in [0.3, 0.4) is 0 Å². The molecule has 140 valence electrons. The molecule has 1 fully saturated rings. The van der Waals surface area contributed by atoms with Gasteiger partial charge in [0.25, 0.3) is 0 Å². The average Bonchev–Trinajstić information content (AvgIpc) is 3.23. The molecule has 0 saturated carbocycles. The van der Waals surface area contributed by atoms with E-state index in [0.29, 0.717) is 18.9 Å². The third kappa shape index (κ3) is 3.96. The predicted molar refractivity (Wildman–Crippen MR) is 96.0 cm³/mol. The molecule has 0 spiro atoms. The van der Waals surface area contributed by atoms with Gasteiger partial charge in [0.2, 0.25) is 0 Å². The van der Waals surface area contributed by atoms with E-state index in [1.54, 1.807) is 42.7 Å². The van der Waals surface area contributed by atoms with Crippen LogP contribution in [0, 0.1) is 0 Å². The van der Waals surface area contributed by atoms with Gasteiger partial charge in [0.1, 0.15) is 24.7 Å². The van der Waals surface area contributed by atoms with E-state index in [-0.39, 0.29) is 18.7 Å². The minimum absolute atomic E-state index is 0.209. The van der Waals surface area contributed by atoms with Crippen LogP contribution in [-0.4, -0.2) is 56.3 Å². The smallest absolute Gasteiger partial charge is 0.335 e. The van der Waals surface area contributed by atoms with Gasteiger partial charge in [-0.05, 0) is 23.8 Å². The molecule has 1 saturated heterocycles. The first kappa shape index (κ1) is 17.6. The van der Waals surface area contributed by atoms with Gasteiger partial charge >= 0.3 is 5.97 Å². The number of carbonyl (C=O) groups is 1. The molecule has 0 bridgehead atoms. The van der Waals surface area contributed by atoms with E-state index >= 15 is 0 Å². The summed E-state index contributed by atoms with van der Waals surface area (Å²) in [6.45, 7) is 1.52. The Labute approximate surface area is 154 Å². The molecule has 0 aliphatic carbocycles. The van der Waals surface area contributed by atoms with Crippen molar-refractivity contribution in [1.82, 2.24) is 19.9 Å². The number of halogens is 1. The zero-order chi connectivity index (χ0) is 18.8. The van der Waals surface area contributed by atoms with Crippen LogP contribution in [0.5, 0.6) is 0 Å². The first-order chi connectivity index (χ1) is 13.1. The SMILES string of the molecule is O=C(O)c1ccc(CN2C[C@@H](F)[C@@H](OCc3nc4ccncc4[nH]3)C2)cc1. The number of fused-ring (bicyclic) bond motifs is 1. The molecule has 2 aromatic heterocycles. The lowest BCUT2D eigenvalue weighted by molar-refractivity contribution is 0.00864. The van der Waals surface area contributed by atoms with E-state index in [1.165, 1.54) is 0 Å². The summed E-state index contributed by atoms with van der Waals surface area (Å²) >= 11 is 0. The molecule has 2 atom stereocenters. The number of benzene rings is 1. The second-order valence-electron chi connectivity index (χ2n) is 6.64. The Hall–Kier alpha value is -2.84. The third-order valence-corrected chi connectivity index (χ3v) is 4.65. The number of alkyl halides is 1. The predicted octanol–water partition coefficient (Wildman–Crippen LogP) is 2.40. The number of hydrogen-bond donors (Lipinski definition) is 2. The van der Waals surface area contributed by atoms with Crippen LogP contribution in [-0.2, 0) is 17.9 Å².